The Morgan fingerprint density at radius 3 is 2.42 bits per heavy atom. The van der Waals surface area contributed by atoms with Crippen molar-refractivity contribution in [1.82, 2.24) is 10.2 Å². The Morgan fingerprint density at radius 2 is 1.85 bits per heavy atom. The van der Waals surface area contributed by atoms with Gasteiger partial charge in [-0.25, -0.2) is 4.79 Å². The second-order valence-electron chi connectivity index (χ2n) is 6.51. The molecule has 8 heteroatoms. The highest BCUT2D eigenvalue weighted by Gasteiger charge is 2.28. The average Bonchev–Trinajstić information content (AvgIpc) is 3.11. The van der Waals surface area contributed by atoms with Crippen LogP contribution in [0.3, 0.4) is 0 Å². The quantitative estimate of drug-likeness (QED) is 0.744. The maximum Gasteiger partial charge on any atom is 0.329 e. The van der Waals surface area contributed by atoms with E-state index in [1.54, 1.807) is 24.8 Å². The summed E-state index contributed by atoms with van der Waals surface area (Å²) in [6.07, 6.45) is 1.93. The van der Waals surface area contributed by atoms with Crippen LogP contribution in [0.1, 0.15) is 37.0 Å². The molecule has 1 aliphatic heterocycles. The minimum Gasteiger partial charge on any atom is -0.454 e. The molecule has 0 unspecified atom stereocenters. The lowest BCUT2D eigenvalue weighted by Gasteiger charge is -2.22. The number of hydrogen-bond acceptors (Lipinski definition) is 4. The molecule has 1 fully saturated rings. The van der Waals surface area contributed by atoms with Crippen molar-refractivity contribution in [2.24, 2.45) is 5.92 Å². The summed E-state index contributed by atoms with van der Waals surface area (Å²) in [5, 5.41) is 3.22. The van der Waals surface area contributed by atoms with E-state index < -0.39 is 17.9 Å². The summed E-state index contributed by atoms with van der Waals surface area (Å²) < 4.78 is 5.13. The van der Waals surface area contributed by atoms with Crippen LogP contribution in [0.4, 0.5) is 0 Å². The Morgan fingerprint density at radius 1 is 1.19 bits per heavy atom. The van der Waals surface area contributed by atoms with Crippen molar-refractivity contribution in [2.45, 2.75) is 32.7 Å². The standard InChI is InChI=1S/C18H22Cl2N2O4/c1-11(2)16(18(25)26-10-15(23)22-7-3-4-8-22)21-17(24)13-6-5-12(19)9-14(13)20/h5-6,9,11,16H,3-4,7-8,10H2,1-2H3,(H,21,24)/t16-/m0/s1. The van der Waals surface area contributed by atoms with E-state index in [1.807, 2.05) is 0 Å². The molecule has 1 saturated heterocycles. The van der Waals surface area contributed by atoms with Gasteiger partial charge in [-0.15, -0.1) is 0 Å². The molecule has 0 aromatic heterocycles. The van der Waals surface area contributed by atoms with Gasteiger partial charge < -0.3 is 15.0 Å². The first kappa shape index (κ1) is 20.5. The number of nitrogens with one attached hydrogen (secondary N) is 1. The first-order chi connectivity index (χ1) is 12.3. The van der Waals surface area contributed by atoms with E-state index in [1.165, 1.54) is 12.1 Å². The third kappa shape index (κ3) is 5.35. The fourth-order valence-corrected chi connectivity index (χ4v) is 3.17. The van der Waals surface area contributed by atoms with Gasteiger partial charge in [-0.1, -0.05) is 37.0 Å². The molecule has 0 aliphatic carbocycles. The van der Waals surface area contributed by atoms with Crippen molar-refractivity contribution in [3.8, 4) is 0 Å². The second kappa shape index (κ2) is 9.24. The normalized spacial score (nSPS) is 15.0. The molecule has 2 amide bonds. The van der Waals surface area contributed by atoms with Crippen molar-refractivity contribution < 1.29 is 19.1 Å². The molecule has 142 valence electrons. The number of amides is 2. The Kier molecular flexibility index (Phi) is 7.29. The van der Waals surface area contributed by atoms with Gasteiger partial charge in [-0.2, -0.15) is 0 Å². The fraction of sp³-hybridized carbons (Fsp3) is 0.500. The van der Waals surface area contributed by atoms with E-state index in [0.29, 0.717) is 18.1 Å². The van der Waals surface area contributed by atoms with Crippen LogP contribution >= 0.6 is 23.2 Å². The van der Waals surface area contributed by atoms with Gasteiger partial charge >= 0.3 is 5.97 Å². The van der Waals surface area contributed by atoms with Gasteiger partial charge in [-0.05, 0) is 37.0 Å². The highest BCUT2D eigenvalue weighted by molar-refractivity contribution is 6.36. The lowest BCUT2D eigenvalue weighted by molar-refractivity contribution is -0.154. The minimum absolute atomic E-state index is 0.190. The van der Waals surface area contributed by atoms with Gasteiger partial charge in [0.1, 0.15) is 6.04 Å². The van der Waals surface area contributed by atoms with Crippen molar-refractivity contribution in [3.63, 3.8) is 0 Å². The highest BCUT2D eigenvalue weighted by Crippen LogP contribution is 2.21. The van der Waals surface area contributed by atoms with Crippen molar-refractivity contribution in [3.05, 3.63) is 33.8 Å². The largest absolute Gasteiger partial charge is 0.454 e. The molecule has 1 aliphatic rings. The van der Waals surface area contributed by atoms with Gasteiger partial charge in [-0.3, -0.25) is 9.59 Å². The minimum atomic E-state index is -0.888. The number of rotatable bonds is 6. The number of hydrogen-bond donors (Lipinski definition) is 1. The molecule has 6 nitrogen and oxygen atoms in total. The van der Waals surface area contributed by atoms with Crippen molar-refractivity contribution in [1.29, 1.82) is 0 Å². The molecule has 0 bridgehead atoms. The Hall–Kier alpha value is -1.79. The van der Waals surface area contributed by atoms with Crippen molar-refractivity contribution >= 4 is 41.0 Å². The van der Waals surface area contributed by atoms with Gasteiger partial charge in [0, 0.05) is 18.1 Å². The van der Waals surface area contributed by atoms with Gasteiger partial charge in [0.25, 0.3) is 11.8 Å². The number of carbonyl (C=O) groups is 3. The fourth-order valence-electron chi connectivity index (χ4n) is 2.67. The number of likely N-dealkylation sites (tertiary alicyclic amines) is 1. The zero-order valence-corrected chi connectivity index (χ0v) is 16.3. The maximum atomic E-state index is 12.4. The van der Waals surface area contributed by atoms with E-state index in [9.17, 15) is 14.4 Å². The summed E-state index contributed by atoms with van der Waals surface area (Å²) in [4.78, 5) is 38.4. The molecule has 2 rings (SSSR count). The van der Waals surface area contributed by atoms with E-state index in [-0.39, 0.29) is 29.0 Å². The summed E-state index contributed by atoms with van der Waals surface area (Å²) in [7, 11) is 0. The zero-order chi connectivity index (χ0) is 19.3. The molecule has 0 saturated carbocycles. The first-order valence-electron chi connectivity index (χ1n) is 8.50. The Balaban J connectivity index is 1.97. The third-order valence-corrected chi connectivity index (χ3v) is 4.73. The molecule has 1 atom stereocenters. The average molecular weight is 401 g/mol. The Labute approximate surface area is 162 Å². The van der Waals surface area contributed by atoms with E-state index in [4.69, 9.17) is 27.9 Å². The van der Waals surface area contributed by atoms with E-state index in [0.717, 1.165) is 12.8 Å². The predicted molar refractivity (Wildman–Crippen MR) is 99.3 cm³/mol. The number of carbonyl (C=O) groups excluding carboxylic acids is 3. The maximum absolute atomic E-state index is 12.4. The van der Waals surface area contributed by atoms with Gasteiger partial charge in [0.05, 0.1) is 10.6 Å². The van der Waals surface area contributed by atoms with Crippen molar-refractivity contribution in [2.75, 3.05) is 19.7 Å². The summed E-state index contributed by atoms with van der Waals surface area (Å²) in [5.41, 5.74) is 0.211. The zero-order valence-electron chi connectivity index (χ0n) is 14.8. The number of ether oxygens (including phenoxy) is 1. The molecule has 0 radical (unpaired) electrons. The molecule has 26 heavy (non-hydrogen) atoms. The third-order valence-electron chi connectivity index (χ3n) is 4.18. The topological polar surface area (TPSA) is 75.7 Å². The molecule has 0 spiro atoms. The first-order valence-corrected chi connectivity index (χ1v) is 9.25. The Bertz CT molecular complexity index is 688. The predicted octanol–water partition coefficient (Wildman–Crippen LogP) is 2.91. The molecular weight excluding hydrogens is 379 g/mol. The lowest BCUT2D eigenvalue weighted by Crippen LogP contribution is -2.46. The smallest absolute Gasteiger partial charge is 0.329 e. The van der Waals surface area contributed by atoms with Crippen LogP contribution < -0.4 is 5.32 Å². The van der Waals surface area contributed by atoms with E-state index in [2.05, 4.69) is 5.32 Å². The molecule has 1 aromatic carbocycles. The highest BCUT2D eigenvalue weighted by atomic mass is 35.5. The van der Waals surface area contributed by atoms with Crippen LogP contribution in [0, 0.1) is 5.92 Å². The molecule has 1 N–H and O–H groups in total. The number of nitrogens with zero attached hydrogens (tertiary/aromatic N) is 1. The lowest BCUT2D eigenvalue weighted by atomic mass is 10.0. The second-order valence-corrected chi connectivity index (χ2v) is 7.36. The number of esters is 1. The van der Waals surface area contributed by atoms with Crippen LogP contribution in [-0.2, 0) is 14.3 Å². The van der Waals surface area contributed by atoms with Crippen LogP contribution in [-0.4, -0.2) is 48.4 Å². The van der Waals surface area contributed by atoms with E-state index >= 15 is 0 Å². The molecule has 1 heterocycles. The van der Waals surface area contributed by atoms with Crippen LogP contribution in [0.5, 0.6) is 0 Å². The van der Waals surface area contributed by atoms with Gasteiger partial charge in [0.15, 0.2) is 6.61 Å². The molecular formula is C18H22Cl2N2O4. The SMILES string of the molecule is CC(C)[C@H](NC(=O)c1ccc(Cl)cc1Cl)C(=O)OCC(=O)N1CCCC1. The number of halogens is 2. The summed E-state index contributed by atoms with van der Waals surface area (Å²) in [6.45, 7) is 4.61. The molecule has 1 aromatic rings. The number of benzene rings is 1. The summed E-state index contributed by atoms with van der Waals surface area (Å²) in [6, 6.07) is 3.59. The van der Waals surface area contributed by atoms with Gasteiger partial charge in [0.2, 0.25) is 0 Å². The van der Waals surface area contributed by atoms with Crippen LogP contribution in [0.15, 0.2) is 18.2 Å². The van der Waals surface area contributed by atoms with Crippen LogP contribution in [0.25, 0.3) is 0 Å². The summed E-state index contributed by atoms with van der Waals surface area (Å²) in [5.74, 6) is -1.59. The summed E-state index contributed by atoms with van der Waals surface area (Å²) >= 11 is 11.9. The van der Waals surface area contributed by atoms with Crippen LogP contribution in [0.2, 0.25) is 10.0 Å². The monoisotopic (exact) mass is 400 g/mol.